The van der Waals surface area contributed by atoms with Crippen molar-refractivity contribution < 1.29 is 19.1 Å². The summed E-state index contributed by atoms with van der Waals surface area (Å²) in [6.45, 7) is 3.22. The van der Waals surface area contributed by atoms with Gasteiger partial charge in [0, 0.05) is 17.0 Å². The summed E-state index contributed by atoms with van der Waals surface area (Å²) in [5.41, 5.74) is 1.90. The summed E-state index contributed by atoms with van der Waals surface area (Å²) >= 11 is 8.07. The molecule has 180 valence electrons. The number of carbonyl (C=O) groups excluding carboxylic acids is 2. The zero-order chi connectivity index (χ0) is 25.3. The number of aromatic nitrogens is 1. The molecule has 7 nitrogen and oxygen atoms in total. The molecule has 0 N–H and O–H groups in total. The first kappa shape index (κ1) is 25.3. The lowest BCUT2D eigenvalue weighted by Gasteiger charge is -2.25. The van der Waals surface area contributed by atoms with Crippen LogP contribution in [0, 0.1) is 0 Å². The number of benzene rings is 2. The highest BCUT2D eigenvalue weighted by Crippen LogP contribution is 2.34. The zero-order valence-electron chi connectivity index (χ0n) is 19.0. The van der Waals surface area contributed by atoms with Crippen LogP contribution in [0.25, 0.3) is 6.08 Å². The lowest BCUT2D eigenvalue weighted by Crippen LogP contribution is -2.40. The largest absolute Gasteiger partial charge is 0.466 e. The molecule has 0 fully saturated rings. The molecule has 1 aliphatic rings. The van der Waals surface area contributed by atoms with Crippen molar-refractivity contribution in [3.8, 4) is 5.75 Å². The summed E-state index contributed by atoms with van der Waals surface area (Å²) in [6.07, 6.45) is 2.15. The second-order valence-electron chi connectivity index (χ2n) is 7.60. The molecule has 1 aromatic heterocycles. The quantitative estimate of drug-likeness (QED) is 0.315. The summed E-state index contributed by atoms with van der Waals surface area (Å²) < 4.78 is 13.7. The molecule has 2 aromatic carbocycles. The van der Waals surface area contributed by atoms with E-state index in [2.05, 4.69) is 36.9 Å². The first-order valence-electron chi connectivity index (χ1n) is 10.6. The number of hydrogen-bond donors (Lipinski definition) is 0. The lowest BCUT2D eigenvalue weighted by molar-refractivity contribution is -0.136. The van der Waals surface area contributed by atoms with Gasteiger partial charge in [0.2, 0.25) is 0 Å². The Morgan fingerprint density at radius 3 is 2.54 bits per heavy atom. The average molecular weight is 620 g/mol. The molecule has 0 aliphatic carbocycles. The Hall–Kier alpha value is -2.82. The third kappa shape index (κ3) is 4.96. The smallest absolute Gasteiger partial charge is 0.338 e. The zero-order valence-corrected chi connectivity index (χ0v) is 23.0. The van der Waals surface area contributed by atoms with Gasteiger partial charge < -0.3 is 9.47 Å². The summed E-state index contributed by atoms with van der Waals surface area (Å²) in [5, 5.41) is 0. The highest BCUT2D eigenvalue weighted by atomic mass is 79.9. The van der Waals surface area contributed by atoms with Crippen molar-refractivity contribution in [3.05, 3.63) is 93.5 Å². The number of rotatable bonds is 5. The first-order valence-corrected chi connectivity index (χ1v) is 13.0. The SMILES string of the molecule is CCC1=C(C(=O)OC)[C@@H](c2ccccc2)n2c(s/c(=C/c3cc(Br)cc(Br)c3OC(C)=O)c2=O)=N1. The van der Waals surface area contributed by atoms with Crippen molar-refractivity contribution in [2.24, 2.45) is 4.99 Å². The van der Waals surface area contributed by atoms with Gasteiger partial charge >= 0.3 is 11.9 Å². The van der Waals surface area contributed by atoms with Crippen LogP contribution in [-0.4, -0.2) is 23.6 Å². The maximum Gasteiger partial charge on any atom is 0.338 e. The van der Waals surface area contributed by atoms with E-state index >= 15 is 0 Å². The Morgan fingerprint density at radius 2 is 1.91 bits per heavy atom. The molecule has 2 heterocycles. The minimum absolute atomic E-state index is 0.302. The monoisotopic (exact) mass is 618 g/mol. The summed E-state index contributed by atoms with van der Waals surface area (Å²) in [4.78, 5) is 43.4. The van der Waals surface area contributed by atoms with Crippen molar-refractivity contribution in [1.29, 1.82) is 0 Å². The first-order chi connectivity index (χ1) is 16.7. The van der Waals surface area contributed by atoms with Crippen LogP contribution in [0.4, 0.5) is 0 Å². The molecule has 0 unspecified atom stereocenters. The van der Waals surface area contributed by atoms with E-state index in [4.69, 9.17) is 9.47 Å². The number of carbonyl (C=O) groups is 2. The Kier molecular flexibility index (Phi) is 7.53. The van der Waals surface area contributed by atoms with Crippen LogP contribution in [0.5, 0.6) is 5.75 Å². The fourth-order valence-corrected chi connectivity index (χ4v) is 6.25. The third-order valence-corrected chi connectivity index (χ3v) is 7.36. The Labute approximate surface area is 221 Å². The van der Waals surface area contributed by atoms with E-state index in [-0.39, 0.29) is 5.56 Å². The molecule has 0 bridgehead atoms. The van der Waals surface area contributed by atoms with Gasteiger partial charge in [-0.2, -0.15) is 0 Å². The van der Waals surface area contributed by atoms with E-state index in [0.717, 1.165) is 10.0 Å². The highest BCUT2D eigenvalue weighted by Gasteiger charge is 2.33. The lowest BCUT2D eigenvalue weighted by atomic mass is 9.95. The van der Waals surface area contributed by atoms with Crippen LogP contribution < -0.4 is 19.6 Å². The van der Waals surface area contributed by atoms with Crippen LogP contribution in [0.15, 0.2) is 72.5 Å². The Bertz CT molecular complexity index is 1540. The van der Waals surface area contributed by atoms with Crippen LogP contribution in [0.2, 0.25) is 0 Å². The molecule has 0 amide bonds. The van der Waals surface area contributed by atoms with Gasteiger partial charge in [-0.1, -0.05) is 64.5 Å². The fraction of sp³-hybridized carbons (Fsp3) is 0.200. The van der Waals surface area contributed by atoms with Crippen molar-refractivity contribution in [1.82, 2.24) is 4.57 Å². The number of halogens is 2. The van der Waals surface area contributed by atoms with E-state index in [1.165, 1.54) is 29.9 Å². The third-order valence-electron chi connectivity index (χ3n) is 5.34. The van der Waals surface area contributed by atoms with Crippen LogP contribution >= 0.6 is 43.2 Å². The van der Waals surface area contributed by atoms with Crippen LogP contribution in [-0.2, 0) is 14.3 Å². The minimum Gasteiger partial charge on any atom is -0.466 e. The molecule has 1 atom stereocenters. The van der Waals surface area contributed by atoms with Crippen molar-refractivity contribution in [2.45, 2.75) is 26.3 Å². The number of thiazole rings is 1. The van der Waals surface area contributed by atoms with Crippen molar-refractivity contribution in [3.63, 3.8) is 0 Å². The molecule has 35 heavy (non-hydrogen) atoms. The number of esters is 2. The van der Waals surface area contributed by atoms with E-state index in [0.29, 0.717) is 42.8 Å². The maximum atomic E-state index is 13.7. The number of methoxy groups -OCH3 is 1. The fourth-order valence-electron chi connectivity index (χ4n) is 3.90. The minimum atomic E-state index is -0.681. The topological polar surface area (TPSA) is 87.0 Å². The van der Waals surface area contributed by atoms with Gasteiger partial charge in [0.25, 0.3) is 5.56 Å². The van der Waals surface area contributed by atoms with Gasteiger partial charge in [-0.25, -0.2) is 9.79 Å². The van der Waals surface area contributed by atoms with E-state index < -0.39 is 18.0 Å². The highest BCUT2D eigenvalue weighted by molar-refractivity contribution is 9.11. The van der Waals surface area contributed by atoms with Gasteiger partial charge in [0.1, 0.15) is 0 Å². The molecule has 3 aromatic rings. The van der Waals surface area contributed by atoms with Gasteiger partial charge in [-0.15, -0.1) is 0 Å². The summed E-state index contributed by atoms with van der Waals surface area (Å²) in [6, 6.07) is 12.2. The maximum absolute atomic E-state index is 13.7. The normalized spacial score (nSPS) is 15.5. The number of hydrogen-bond acceptors (Lipinski definition) is 7. The number of allylic oxidation sites excluding steroid dienone is 1. The van der Waals surface area contributed by atoms with Gasteiger partial charge in [0.15, 0.2) is 10.6 Å². The van der Waals surface area contributed by atoms with Crippen LogP contribution in [0.3, 0.4) is 0 Å². The average Bonchev–Trinajstić information content (AvgIpc) is 3.14. The molecule has 0 saturated heterocycles. The predicted octanol–water partition coefficient (Wildman–Crippen LogP) is 4.25. The molecule has 0 radical (unpaired) electrons. The second-order valence-corrected chi connectivity index (χ2v) is 10.4. The van der Waals surface area contributed by atoms with Crippen molar-refractivity contribution >= 4 is 61.2 Å². The molecular weight excluding hydrogens is 600 g/mol. The van der Waals surface area contributed by atoms with E-state index in [9.17, 15) is 14.4 Å². The van der Waals surface area contributed by atoms with Crippen molar-refractivity contribution in [2.75, 3.05) is 7.11 Å². The summed E-state index contributed by atoms with van der Waals surface area (Å²) in [7, 11) is 1.32. The molecule has 10 heteroatoms. The molecule has 0 saturated carbocycles. The Morgan fingerprint density at radius 1 is 1.20 bits per heavy atom. The van der Waals surface area contributed by atoms with Gasteiger partial charge in [-0.05, 0) is 46.1 Å². The molecule has 0 spiro atoms. The van der Waals surface area contributed by atoms with E-state index in [1.807, 2.05) is 37.3 Å². The number of fused-ring (bicyclic) bond motifs is 1. The predicted molar refractivity (Wildman–Crippen MR) is 140 cm³/mol. The molecule has 4 rings (SSSR count). The number of ether oxygens (including phenoxy) is 2. The van der Waals surface area contributed by atoms with E-state index in [1.54, 1.807) is 18.2 Å². The van der Waals surface area contributed by atoms with Gasteiger partial charge in [-0.3, -0.25) is 14.2 Å². The van der Waals surface area contributed by atoms with Crippen LogP contribution in [0.1, 0.15) is 37.4 Å². The molecular formula is C25H20Br2N2O5S. The number of nitrogens with zero attached hydrogens (tertiary/aromatic N) is 2. The van der Waals surface area contributed by atoms with Gasteiger partial charge in [0.05, 0.1) is 33.4 Å². The standard InChI is InChI=1S/C25H20Br2N2O5S/c1-4-18-20(24(32)33-3)21(14-8-6-5-7-9-14)29-23(31)19(35-25(29)28-18)11-15-10-16(26)12-17(27)22(15)34-13(2)30/h5-12,21H,4H2,1-3H3/b19-11+/t21-/m1/s1. The Balaban J connectivity index is 2.01. The molecule has 1 aliphatic heterocycles. The second kappa shape index (κ2) is 10.4. The summed E-state index contributed by atoms with van der Waals surface area (Å²) in [5.74, 6) is -0.707.